The summed E-state index contributed by atoms with van der Waals surface area (Å²) in [4.78, 5) is 15.0. The number of hydrogen-bond donors (Lipinski definition) is 0. The Labute approximate surface area is 138 Å². The molecule has 3 nitrogen and oxygen atoms in total. The van der Waals surface area contributed by atoms with Crippen molar-refractivity contribution in [1.29, 1.82) is 0 Å². The van der Waals surface area contributed by atoms with Crippen molar-refractivity contribution < 1.29 is 31.1 Å². The number of rotatable bonds is 4. The molecule has 0 atom stereocenters. The quantitative estimate of drug-likeness (QED) is 0.600. The molecule has 0 aliphatic rings. The standard InChI is InChI=1S/C16H12F6N2O/c17-15(18,19)13-8-4-7-12(23-13)9-10-24(16(20,21)22)14(25)11-5-2-1-3-6-11/h1-8H,9-10H2. The van der Waals surface area contributed by atoms with Crippen molar-refractivity contribution in [2.75, 3.05) is 6.54 Å². The smallest absolute Gasteiger partial charge is 0.269 e. The number of alkyl halides is 6. The summed E-state index contributed by atoms with van der Waals surface area (Å²) in [7, 11) is 0. The molecule has 2 aromatic rings. The Morgan fingerprint density at radius 2 is 1.56 bits per heavy atom. The first-order chi connectivity index (χ1) is 11.6. The Balaban J connectivity index is 2.18. The second kappa shape index (κ2) is 7.12. The summed E-state index contributed by atoms with van der Waals surface area (Å²) >= 11 is 0. The zero-order valence-corrected chi connectivity index (χ0v) is 12.6. The van der Waals surface area contributed by atoms with E-state index in [1.165, 1.54) is 30.3 Å². The summed E-state index contributed by atoms with van der Waals surface area (Å²) in [6.07, 6.45) is -10.1. The van der Waals surface area contributed by atoms with Crippen molar-refractivity contribution in [2.24, 2.45) is 0 Å². The molecule has 0 saturated heterocycles. The van der Waals surface area contributed by atoms with Gasteiger partial charge in [0.2, 0.25) is 0 Å². The van der Waals surface area contributed by atoms with Crippen LogP contribution in [0.15, 0.2) is 48.5 Å². The van der Waals surface area contributed by atoms with Crippen molar-refractivity contribution in [3.05, 3.63) is 65.5 Å². The average molecular weight is 362 g/mol. The van der Waals surface area contributed by atoms with E-state index in [2.05, 4.69) is 4.98 Å². The van der Waals surface area contributed by atoms with E-state index in [1.807, 2.05) is 0 Å². The first kappa shape index (κ1) is 18.8. The largest absolute Gasteiger partial charge is 0.487 e. The van der Waals surface area contributed by atoms with Gasteiger partial charge in [-0.05, 0) is 24.3 Å². The van der Waals surface area contributed by atoms with Crippen LogP contribution in [-0.2, 0) is 12.6 Å². The zero-order valence-electron chi connectivity index (χ0n) is 12.6. The summed E-state index contributed by atoms with van der Waals surface area (Å²) in [5.74, 6) is -1.28. The van der Waals surface area contributed by atoms with E-state index >= 15 is 0 Å². The van der Waals surface area contributed by atoms with Gasteiger partial charge in [0.05, 0.1) is 0 Å². The molecular weight excluding hydrogens is 350 g/mol. The maximum absolute atomic E-state index is 13.1. The van der Waals surface area contributed by atoms with E-state index in [9.17, 15) is 31.1 Å². The summed E-state index contributed by atoms with van der Waals surface area (Å²) in [6, 6.07) is 9.78. The molecular formula is C16H12F6N2O. The number of halogens is 6. The molecule has 1 aromatic heterocycles. The lowest BCUT2D eigenvalue weighted by molar-refractivity contribution is -0.224. The second-order valence-electron chi connectivity index (χ2n) is 5.05. The van der Waals surface area contributed by atoms with E-state index in [0.29, 0.717) is 0 Å². The Hall–Kier alpha value is -2.58. The van der Waals surface area contributed by atoms with Crippen LogP contribution in [0.5, 0.6) is 0 Å². The van der Waals surface area contributed by atoms with Crippen molar-refractivity contribution >= 4 is 5.91 Å². The van der Waals surface area contributed by atoms with Gasteiger partial charge in [-0.3, -0.25) is 4.79 Å². The molecule has 25 heavy (non-hydrogen) atoms. The molecule has 0 spiro atoms. The molecule has 1 heterocycles. The summed E-state index contributed by atoms with van der Waals surface area (Å²) < 4.78 is 77.2. The first-order valence-electron chi connectivity index (χ1n) is 7.06. The van der Waals surface area contributed by atoms with E-state index in [4.69, 9.17) is 0 Å². The maximum atomic E-state index is 13.1. The Kier molecular flexibility index (Phi) is 5.34. The third kappa shape index (κ3) is 4.94. The highest BCUT2D eigenvalue weighted by molar-refractivity contribution is 5.94. The number of aromatic nitrogens is 1. The van der Waals surface area contributed by atoms with Crippen LogP contribution in [-0.4, -0.2) is 28.6 Å². The maximum Gasteiger partial charge on any atom is 0.487 e. The molecule has 0 N–H and O–H groups in total. The molecule has 9 heteroatoms. The number of benzene rings is 1. The third-order valence-corrected chi connectivity index (χ3v) is 3.26. The SMILES string of the molecule is O=C(c1ccccc1)N(CCc1cccc(C(F)(F)F)n1)C(F)(F)F. The summed E-state index contributed by atoms with van der Waals surface area (Å²) in [6.45, 7) is -0.842. The number of nitrogens with zero attached hydrogens (tertiary/aromatic N) is 2. The molecule has 1 aromatic carbocycles. The molecule has 0 saturated carbocycles. The van der Waals surface area contributed by atoms with Crippen molar-refractivity contribution in [3.63, 3.8) is 0 Å². The van der Waals surface area contributed by atoms with Crippen LogP contribution >= 0.6 is 0 Å². The van der Waals surface area contributed by atoms with Gasteiger partial charge in [-0.25, -0.2) is 9.88 Å². The molecule has 0 radical (unpaired) electrons. The monoisotopic (exact) mass is 362 g/mol. The van der Waals surface area contributed by atoms with Gasteiger partial charge in [-0.15, -0.1) is 13.2 Å². The first-order valence-corrected chi connectivity index (χ1v) is 7.06. The highest BCUT2D eigenvalue weighted by Gasteiger charge is 2.41. The number of carbonyl (C=O) groups excluding carboxylic acids is 1. The van der Waals surface area contributed by atoms with Gasteiger partial charge < -0.3 is 0 Å². The number of pyridine rings is 1. The van der Waals surface area contributed by atoms with Crippen LogP contribution in [0.3, 0.4) is 0 Å². The van der Waals surface area contributed by atoms with Gasteiger partial charge in [0.15, 0.2) is 0 Å². The van der Waals surface area contributed by atoms with Crippen LogP contribution in [0.1, 0.15) is 21.7 Å². The Morgan fingerprint density at radius 3 is 2.12 bits per heavy atom. The molecule has 134 valence electrons. The van der Waals surface area contributed by atoms with Crippen LogP contribution in [0.4, 0.5) is 26.3 Å². The fourth-order valence-corrected chi connectivity index (χ4v) is 2.08. The summed E-state index contributed by atoms with van der Waals surface area (Å²) in [5, 5.41) is 0. The Bertz CT molecular complexity index is 727. The average Bonchev–Trinajstić information content (AvgIpc) is 2.54. The normalized spacial score (nSPS) is 12.1. The second-order valence-corrected chi connectivity index (χ2v) is 5.05. The molecule has 0 aliphatic heterocycles. The van der Waals surface area contributed by atoms with Crippen LogP contribution < -0.4 is 0 Å². The van der Waals surface area contributed by atoms with Crippen molar-refractivity contribution in [1.82, 2.24) is 9.88 Å². The minimum absolute atomic E-state index is 0.170. The van der Waals surface area contributed by atoms with Crippen LogP contribution in [0, 0.1) is 0 Å². The van der Waals surface area contributed by atoms with Crippen LogP contribution in [0.25, 0.3) is 0 Å². The Morgan fingerprint density at radius 1 is 0.920 bits per heavy atom. The molecule has 0 unspecified atom stereocenters. The number of hydrogen-bond acceptors (Lipinski definition) is 2. The lowest BCUT2D eigenvalue weighted by Gasteiger charge is -2.25. The minimum Gasteiger partial charge on any atom is -0.269 e. The zero-order chi connectivity index (χ0) is 18.7. The van der Waals surface area contributed by atoms with E-state index < -0.39 is 37.0 Å². The molecule has 0 fully saturated rings. The molecule has 1 amide bonds. The van der Waals surface area contributed by atoms with Crippen LogP contribution in [0.2, 0.25) is 0 Å². The minimum atomic E-state index is -4.96. The van der Waals surface area contributed by atoms with Crippen molar-refractivity contribution in [3.8, 4) is 0 Å². The fraction of sp³-hybridized carbons (Fsp3) is 0.250. The molecule has 0 aliphatic carbocycles. The van der Waals surface area contributed by atoms with Crippen molar-refractivity contribution in [2.45, 2.75) is 18.9 Å². The van der Waals surface area contributed by atoms with E-state index in [-0.39, 0.29) is 16.2 Å². The van der Waals surface area contributed by atoms with Gasteiger partial charge in [0.1, 0.15) is 5.69 Å². The van der Waals surface area contributed by atoms with E-state index in [0.717, 1.165) is 12.1 Å². The van der Waals surface area contributed by atoms with Gasteiger partial charge in [0, 0.05) is 24.2 Å². The van der Waals surface area contributed by atoms with Gasteiger partial charge in [-0.2, -0.15) is 13.2 Å². The summed E-state index contributed by atoms with van der Waals surface area (Å²) in [5.41, 5.74) is -1.56. The predicted molar refractivity (Wildman–Crippen MR) is 76.5 cm³/mol. The lowest BCUT2D eigenvalue weighted by Crippen LogP contribution is -2.44. The topological polar surface area (TPSA) is 33.2 Å². The molecule has 2 rings (SSSR count). The van der Waals surface area contributed by atoms with Gasteiger partial charge in [0.25, 0.3) is 5.91 Å². The highest BCUT2D eigenvalue weighted by Crippen LogP contribution is 2.28. The number of carbonyl (C=O) groups is 1. The fourth-order valence-electron chi connectivity index (χ4n) is 2.08. The lowest BCUT2D eigenvalue weighted by atomic mass is 10.2. The molecule has 0 bridgehead atoms. The highest BCUT2D eigenvalue weighted by atomic mass is 19.4. The van der Waals surface area contributed by atoms with E-state index in [1.54, 1.807) is 6.07 Å². The third-order valence-electron chi connectivity index (χ3n) is 3.26. The van der Waals surface area contributed by atoms with Gasteiger partial charge >= 0.3 is 12.5 Å². The van der Waals surface area contributed by atoms with Gasteiger partial charge in [-0.1, -0.05) is 24.3 Å². The number of amides is 1. The predicted octanol–water partition coefficient (Wildman–Crippen LogP) is 4.31.